The van der Waals surface area contributed by atoms with Crippen LogP contribution in [0.2, 0.25) is 0 Å². The first kappa shape index (κ1) is 14.0. The van der Waals surface area contributed by atoms with Crippen molar-refractivity contribution in [3.05, 3.63) is 58.0 Å². The molecule has 2 N–H and O–H groups in total. The summed E-state index contributed by atoms with van der Waals surface area (Å²) >= 11 is 1.66. The fourth-order valence-corrected chi connectivity index (χ4v) is 3.09. The van der Waals surface area contributed by atoms with Crippen molar-refractivity contribution in [2.75, 3.05) is 0 Å². The molecule has 1 atom stereocenters. The van der Waals surface area contributed by atoms with Gasteiger partial charge in [-0.15, -0.1) is 11.3 Å². The van der Waals surface area contributed by atoms with Crippen LogP contribution in [0, 0.1) is 6.92 Å². The summed E-state index contributed by atoms with van der Waals surface area (Å²) in [6.45, 7) is 4.77. The Morgan fingerprint density at radius 2 is 2.05 bits per heavy atom. The lowest BCUT2D eigenvalue weighted by molar-refractivity contribution is 0.458. The van der Waals surface area contributed by atoms with Crippen molar-refractivity contribution in [2.24, 2.45) is 0 Å². The van der Waals surface area contributed by atoms with Gasteiger partial charge in [0.2, 0.25) is 0 Å². The van der Waals surface area contributed by atoms with Crippen LogP contribution < -0.4 is 5.32 Å². The van der Waals surface area contributed by atoms with Gasteiger partial charge in [-0.05, 0) is 19.2 Å². The second kappa shape index (κ2) is 5.84. The summed E-state index contributed by atoms with van der Waals surface area (Å²) in [7, 11) is 0. The van der Waals surface area contributed by atoms with Crippen LogP contribution in [0.5, 0.6) is 5.75 Å². The van der Waals surface area contributed by atoms with Crippen LogP contribution in [0.25, 0.3) is 10.8 Å². The molecule has 0 spiro atoms. The van der Waals surface area contributed by atoms with Gasteiger partial charge in [-0.2, -0.15) is 0 Å². The molecule has 4 heteroatoms. The van der Waals surface area contributed by atoms with Crippen LogP contribution in [0.4, 0.5) is 0 Å². The fourth-order valence-electron chi connectivity index (χ4n) is 2.48. The topological polar surface area (TPSA) is 45.2 Å². The van der Waals surface area contributed by atoms with E-state index >= 15 is 0 Å². The van der Waals surface area contributed by atoms with E-state index in [1.54, 1.807) is 11.3 Å². The van der Waals surface area contributed by atoms with E-state index in [0.717, 1.165) is 27.0 Å². The number of nitrogens with zero attached hydrogens (tertiary/aromatic N) is 1. The van der Waals surface area contributed by atoms with E-state index in [1.165, 1.54) is 0 Å². The lowest BCUT2D eigenvalue weighted by Crippen LogP contribution is -2.18. The Hall–Kier alpha value is -1.91. The third kappa shape index (κ3) is 2.91. The lowest BCUT2D eigenvalue weighted by Gasteiger charge is -2.16. The molecule has 3 rings (SSSR count). The third-order valence-corrected chi connectivity index (χ3v) is 4.48. The summed E-state index contributed by atoms with van der Waals surface area (Å²) in [6.07, 6.45) is 0. The minimum absolute atomic E-state index is 0.0663. The standard InChI is InChI=1S/C17H18N2OS/c1-11(18-9-14-10-21-12(2)19-14)15-8-7-13-5-3-4-6-16(13)17(15)20/h3-8,10-11,18,20H,9H2,1-2H3. The molecular weight excluding hydrogens is 280 g/mol. The van der Waals surface area contributed by atoms with Gasteiger partial charge in [0, 0.05) is 28.9 Å². The first-order valence-corrected chi connectivity index (χ1v) is 7.88. The van der Waals surface area contributed by atoms with Gasteiger partial charge in [0.15, 0.2) is 0 Å². The molecule has 0 aliphatic heterocycles. The third-order valence-electron chi connectivity index (χ3n) is 3.65. The quantitative estimate of drug-likeness (QED) is 0.760. The molecule has 1 unspecified atom stereocenters. The Morgan fingerprint density at radius 1 is 1.24 bits per heavy atom. The van der Waals surface area contributed by atoms with Gasteiger partial charge >= 0.3 is 0 Å². The number of aryl methyl sites for hydroxylation is 1. The number of benzene rings is 2. The van der Waals surface area contributed by atoms with Gasteiger partial charge in [0.25, 0.3) is 0 Å². The number of rotatable bonds is 4. The summed E-state index contributed by atoms with van der Waals surface area (Å²) in [4.78, 5) is 4.44. The molecule has 108 valence electrons. The number of phenolic OH excluding ortho intramolecular Hbond substituents is 1. The van der Waals surface area contributed by atoms with Crippen LogP contribution in [0.3, 0.4) is 0 Å². The predicted octanol–water partition coefficient (Wildman–Crippen LogP) is 4.16. The van der Waals surface area contributed by atoms with Crippen molar-refractivity contribution >= 4 is 22.1 Å². The lowest BCUT2D eigenvalue weighted by atomic mass is 10.0. The van der Waals surface area contributed by atoms with Gasteiger partial charge in [0.1, 0.15) is 5.75 Å². The largest absolute Gasteiger partial charge is 0.507 e. The van der Waals surface area contributed by atoms with E-state index in [4.69, 9.17) is 0 Å². The van der Waals surface area contributed by atoms with Crippen molar-refractivity contribution in [1.29, 1.82) is 0 Å². The normalized spacial score (nSPS) is 12.7. The number of aromatic hydroxyl groups is 1. The molecule has 0 amide bonds. The van der Waals surface area contributed by atoms with Gasteiger partial charge < -0.3 is 10.4 Å². The zero-order chi connectivity index (χ0) is 14.8. The van der Waals surface area contributed by atoms with Gasteiger partial charge in [0.05, 0.1) is 10.7 Å². The summed E-state index contributed by atoms with van der Waals surface area (Å²) < 4.78 is 0. The highest BCUT2D eigenvalue weighted by molar-refractivity contribution is 7.09. The second-order valence-electron chi connectivity index (χ2n) is 5.18. The van der Waals surface area contributed by atoms with Crippen LogP contribution in [-0.4, -0.2) is 10.1 Å². The summed E-state index contributed by atoms with van der Waals surface area (Å²) in [5.74, 6) is 0.363. The van der Waals surface area contributed by atoms with Gasteiger partial charge in [-0.3, -0.25) is 0 Å². The van der Waals surface area contributed by atoms with Crippen LogP contribution in [0.1, 0.15) is 29.2 Å². The maximum Gasteiger partial charge on any atom is 0.128 e. The molecular formula is C17H18N2OS. The number of phenols is 1. The number of fused-ring (bicyclic) bond motifs is 1. The number of hydrogen-bond acceptors (Lipinski definition) is 4. The predicted molar refractivity (Wildman–Crippen MR) is 87.7 cm³/mol. The molecule has 2 aromatic carbocycles. The Bertz CT molecular complexity index is 766. The molecule has 0 saturated heterocycles. The Labute approximate surface area is 128 Å². The number of hydrogen-bond donors (Lipinski definition) is 2. The number of aromatic nitrogens is 1. The SMILES string of the molecule is Cc1nc(CNC(C)c2ccc3ccccc3c2O)cs1. The smallest absolute Gasteiger partial charge is 0.128 e. The Morgan fingerprint density at radius 3 is 2.81 bits per heavy atom. The maximum absolute atomic E-state index is 10.5. The van der Waals surface area contributed by atoms with Crippen molar-refractivity contribution in [3.8, 4) is 5.75 Å². The zero-order valence-electron chi connectivity index (χ0n) is 12.1. The molecule has 21 heavy (non-hydrogen) atoms. The molecule has 1 aromatic heterocycles. The Kier molecular flexibility index (Phi) is 3.90. The highest BCUT2D eigenvalue weighted by Crippen LogP contribution is 2.32. The molecule has 3 nitrogen and oxygen atoms in total. The molecule has 0 aliphatic carbocycles. The van der Waals surface area contributed by atoms with Crippen molar-refractivity contribution in [1.82, 2.24) is 10.3 Å². The average Bonchev–Trinajstić information content (AvgIpc) is 2.91. The van der Waals surface area contributed by atoms with Crippen molar-refractivity contribution in [3.63, 3.8) is 0 Å². The summed E-state index contributed by atoms with van der Waals surface area (Å²) in [5, 5.41) is 19.0. The van der Waals surface area contributed by atoms with Crippen molar-refractivity contribution < 1.29 is 5.11 Å². The molecule has 0 fully saturated rings. The van der Waals surface area contributed by atoms with E-state index in [9.17, 15) is 5.11 Å². The van der Waals surface area contributed by atoms with Gasteiger partial charge in [-0.1, -0.05) is 36.4 Å². The highest BCUT2D eigenvalue weighted by Gasteiger charge is 2.13. The maximum atomic E-state index is 10.5. The van der Waals surface area contributed by atoms with Crippen LogP contribution in [-0.2, 0) is 6.54 Å². The average molecular weight is 298 g/mol. The van der Waals surface area contributed by atoms with E-state index in [1.807, 2.05) is 37.3 Å². The molecule has 0 aliphatic rings. The summed E-state index contributed by atoms with van der Waals surface area (Å²) in [6, 6.07) is 12.0. The minimum atomic E-state index is 0.0663. The highest BCUT2D eigenvalue weighted by atomic mass is 32.1. The molecule has 1 heterocycles. The molecule has 0 saturated carbocycles. The second-order valence-corrected chi connectivity index (χ2v) is 6.25. The monoisotopic (exact) mass is 298 g/mol. The number of nitrogens with one attached hydrogen (secondary N) is 1. The summed E-state index contributed by atoms with van der Waals surface area (Å²) in [5.41, 5.74) is 1.96. The Balaban J connectivity index is 1.81. The first-order valence-electron chi connectivity index (χ1n) is 7.00. The van der Waals surface area contributed by atoms with Crippen LogP contribution >= 0.6 is 11.3 Å². The van der Waals surface area contributed by atoms with E-state index in [2.05, 4.69) is 28.7 Å². The molecule has 0 radical (unpaired) electrons. The van der Waals surface area contributed by atoms with Crippen LogP contribution in [0.15, 0.2) is 41.8 Å². The van der Waals surface area contributed by atoms with E-state index < -0.39 is 0 Å². The minimum Gasteiger partial charge on any atom is -0.507 e. The number of thiazole rings is 1. The van der Waals surface area contributed by atoms with E-state index in [-0.39, 0.29) is 6.04 Å². The van der Waals surface area contributed by atoms with Gasteiger partial charge in [-0.25, -0.2) is 4.98 Å². The van der Waals surface area contributed by atoms with Crippen molar-refractivity contribution in [2.45, 2.75) is 26.4 Å². The zero-order valence-corrected chi connectivity index (χ0v) is 12.9. The fraction of sp³-hybridized carbons (Fsp3) is 0.235. The molecule has 0 bridgehead atoms. The van der Waals surface area contributed by atoms with E-state index in [0.29, 0.717) is 12.3 Å². The molecule has 3 aromatic rings. The first-order chi connectivity index (χ1) is 10.1.